The number of hydrogen-bond acceptors (Lipinski definition) is 8. The van der Waals surface area contributed by atoms with E-state index in [2.05, 4.69) is 5.32 Å². The van der Waals surface area contributed by atoms with E-state index < -0.39 is 63.1 Å². The quantitative estimate of drug-likeness (QED) is 0.238. The topological polar surface area (TPSA) is 201 Å². The number of amides is 1. The average Bonchev–Trinajstić information content (AvgIpc) is 2.65. The van der Waals surface area contributed by atoms with Crippen molar-refractivity contribution in [2.24, 2.45) is 0 Å². The van der Waals surface area contributed by atoms with Crippen molar-refractivity contribution in [1.82, 2.24) is 0 Å². The molecule has 0 aliphatic rings. The van der Waals surface area contributed by atoms with Crippen LogP contribution >= 0.6 is 0 Å². The summed E-state index contributed by atoms with van der Waals surface area (Å²) in [6.45, 7) is 1.46. The second kappa shape index (κ2) is 7.83. The molecule has 0 radical (unpaired) electrons. The minimum absolute atomic E-state index is 0.241. The highest BCUT2D eigenvalue weighted by atomic mass is 32.2. The molecule has 1 amide bonds. The number of phenols is 1. The zero-order valence-electron chi connectivity index (χ0n) is 16.0. The maximum Gasteiger partial charge on any atom is 0.296 e. The molecular formula is C18H14N2O10S2. The number of nitro groups is 1. The van der Waals surface area contributed by atoms with Crippen molar-refractivity contribution in [3.8, 4) is 5.75 Å². The Hall–Kier alpha value is -3.59. The van der Waals surface area contributed by atoms with Gasteiger partial charge in [-0.05, 0) is 18.6 Å². The number of phenolic OH excluding ortho intramolecular Hbond substituents is 1. The van der Waals surface area contributed by atoms with Crippen molar-refractivity contribution < 1.29 is 40.8 Å². The van der Waals surface area contributed by atoms with Gasteiger partial charge in [-0.25, -0.2) is 0 Å². The summed E-state index contributed by atoms with van der Waals surface area (Å²) in [7, 11) is -10.4. The van der Waals surface area contributed by atoms with Crippen LogP contribution in [0.4, 0.5) is 11.4 Å². The summed E-state index contributed by atoms with van der Waals surface area (Å²) >= 11 is 0. The Kier molecular flexibility index (Phi) is 5.65. The highest BCUT2D eigenvalue weighted by Crippen LogP contribution is 2.40. The van der Waals surface area contributed by atoms with Crippen molar-refractivity contribution >= 4 is 48.3 Å². The number of rotatable bonds is 5. The van der Waals surface area contributed by atoms with Crippen LogP contribution < -0.4 is 5.32 Å². The molecule has 14 heteroatoms. The number of hydrogen-bond donors (Lipinski definition) is 4. The Labute approximate surface area is 180 Å². The highest BCUT2D eigenvalue weighted by Gasteiger charge is 2.30. The lowest BCUT2D eigenvalue weighted by Crippen LogP contribution is -2.16. The number of aromatic hydroxyl groups is 1. The third-order valence-corrected chi connectivity index (χ3v) is 6.48. The van der Waals surface area contributed by atoms with Crippen molar-refractivity contribution in [3.05, 3.63) is 63.7 Å². The van der Waals surface area contributed by atoms with E-state index in [1.54, 1.807) is 0 Å². The number of benzene rings is 3. The average molecular weight is 482 g/mol. The molecule has 0 heterocycles. The molecule has 4 N–H and O–H groups in total. The van der Waals surface area contributed by atoms with E-state index in [1.807, 2.05) is 0 Å². The molecule has 32 heavy (non-hydrogen) atoms. The van der Waals surface area contributed by atoms with Crippen LogP contribution in [0.2, 0.25) is 0 Å². The molecule has 3 rings (SSSR count). The fraction of sp³-hybridized carbons (Fsp3) is 0.0556. The normalized spacial score (nSPS) is 12.0. The predicted octanol–water partition coefficient (Wildman–Crippen LogP) is 2.51. The van der Waals surface area contributed by atoms with Gasteiger partial charge in [-0.3, -0.25) is 24.0 Å². The predicted molar refractivity (Wildman–Crippen MR) is 111 cm³/mol. The first-order valence-corrected chi connectivity index (χ1v) is 11.4. The van der Waals surface area contributed by atoms with Crippen LogP contribution in [0.1, 0.15) is 15.9 Å². The Bertz CT molecular complexity index is 1510. The maximum absolute atomic E-state index is 12.8. The first-order valence-electron chi connectivity index (χ1n) is 8.52. The number of aryl methyl sites for hydroxylation is 1. The molecule has 0 aromatic heterocycles. The van der Waals surface area contributed by atoms with E-state index in [4.69, 9.17) is 0 Å². The summed E-state index contributed by atoms with van der Waals surface area (Å²) in [5, 5.41) is 23.1. The second-order valence-electron chi connectivity index (χ2n) is 6.58. The van der Waals surface area contributed by atoms with Gasteiger partial charge in [0.25, 0.3) is 31.8 Å². The Morgan fingerprint density at radius 3 is 2.22 bits per heavy atom. The molecule has 0 aliphatic carbocycles. The Morgan fingerprint density at radius 2 is 1.66 bits per heavy atom. The minimum Gasteiger partial charge on any atom is -0.507 e. The molecule has 0 saturated carbocycles. The summed E-state index contributed by atoms with van der Waals surface area (Å²) in [6.07, 6.45) is 0. The summed E-state index contributed by atoms with van der Waals surface area (Å²) < 4.78 is 65.9. The van der Waals surface area contributed by atoms with E-state index in [0.29, 0.717) is 6.07 Å². The minimum atomic E-state index is -5.23. The van der Waals surface area contributed by atoms with Crippen molar-refractivity contribution in [2.75, 3.05) is 5.32 Å². The lowest BCUT2D eigenvalue weighted by Gasteiger charge is -2.15. The zero-order valence-corrected chi connectivity index (χ0v) is 17.6. The second-order valence-corrected chi connectivity index (χ2v) is 9.33. The molecule has 0 aliphatic heterocycles. The van der Waals surface area contributed by atoms with Gasteiger partial charge in [-0.15, -0.1) is 0 Å². The first-order chi connectivity index (χ1) is 14.7. The van der Waals surface area contributed by atoms with Gasteiger partial charge in [0.05, 0.1) is 10.6 Å². The molecule has 0 fully saturated rings. The van der Waals surface area contributed by atoms with E-state index in [9.17, 15) is 46.0 Å². The lowest BCUT2D eigenvalue weighted by molar-refractivity contribution is -0.385. The molecule has 3 aromatic carbocycles. The van der Waals surface area contributed by atoms with Crippen LogP contribution in [0.25, 0.3) is 10.8 Å². The molecule has 0 unspecified atom stereocenters. The summed E-state index contributed by atoms with van der Waals surface area (Å²) in [5.41, 5.74) is -0.777. The SMILES string of the molecule is Cc1cccc([N+](=O)[O-])c1C(=O)Nc1cccc2c(S(=O)(=O)O)c(S(=O)(=O)O)cc(O)c12. The summed E-state index contributed by atoms with van der Waals surface area (Å²) in [5.74, 6) is -1.82. The Balaban J connectivity index is 2.30. The van der Waals surface area contributed by atoms with Crippen LogP contribution in [0, 0.1) is 17.0 Å². The molecule has 0 spiro atoms. The molecule has 3 aromatic rings. The first kappa shape index (κ1) is 23.1. The molecule has 0 atom stereocenters. The largest absolute Gasteiger partial charge is 0.507 e. The smallest absolute Gasteiger partial charge is 0.296 e. The fourth-order valence-corrected chi connectivity index (χ4v) is 5.26. The van der Waals surface area contributed by atoms with Gasteiger partial charge in [-0.1, -0.05) is 24.3 Å². The van der Waals surface area contributed by atoms with Crippen molar-refractivity contribution in [2.45, 2.75) is 16.7 Å². The van der Waals surface area contributed by atoms with Crippen LogP contribution in [-0.2, 0) is 20.2 Å². The van der Waals surface area contributed by atoms with Crippen molar-refractivity contribution in [3.63, 3.8) is 0 Å². The highest BCUT2D eigenvalue weighted by molar-refractivity contribution is 7.89. The number of nitrogens with zero attached hydrogens (tertiary/aromatic N) is 1. The number of carbonyl (C=O) groups excluding carboxylic acids is 1. The number of carbonyl (C=O) groups is 1. The van der Waals surface area contributed by atoms with Gasteiger partial charge in [0, 0.05) is 22.9 Å². The molecule has 12 nitrogen and oxygen atoms in total. The van der Waals surface area contributed by atoms with Gasteiger partial charge in [-0.2, -0.15) is 16.8 Å². The molecular weight excluding hydrogens is 468 g/mol. The standard InChI is InChI=1S/C18H14N2O10S2/c1-9-4-2-7-12(20(23)24)15(9)18(22)19-11-6-3-5-10-16(11)13(21)8-14(31(25,26)27)17(10)32(28,29)30/h2-8,21H,1H3,(H,19,22)(H,25,26,27)(H,28,29,30). The van der Waals surface area contributed by atoms with E-state index >= 15 is 0 Å². The third kappa shape index (κ3) is 4.11. The van der Waals surface area contributed by atoms with E-state index in [-0.39, 0.29) is 16.8 Å². The molecule has 0 bridgehead atoms. The lowest BCUT2D eigenvalue weighted by atomic mass is 10.0. The zero-order chi connectivity index (χ0) is 24.0. The number of anilines is 1. The van der Waals surface area contributed by atoms with Gasteiger partial charge in [0.15, 0.2) is 0 Å². The molecule has 168 valence electrons. The van der Waals surface area contributed by atoms with Gasteiger partial charge >= 0.3 is 0 Å². The van der Waals surface area contributed by atoms with E-state index in [0.717, 1.165) is 12.1 Å². The van der Waals surface area contributed by atoms with Gasteiger partial charge in [0.2, 0.25) is 0 Å². The molecule has 0 saturated heterocycles. The van der Waals surface area contributed by atoms with Gasteiger partial charge < -0.3 is 10.4 Å². The van der Waals surface area contributed by atoms with Crippen molar-refractivity contribution in [1.29, 1.82) is 0 Å². The monoisotopic (exact) mass is 482 g/mol. The number of nitrogens with one attached hydrogen (secondary N) is 1. The van der Waals surface area contributed by atoms with Crippen LogP contribution in [0.3, 0.4) is 0 Å². The third-order valence-electron chi connectivity index (χ3n) is 4.52. The number of fused-ring (bicyclic) bond motifs is 1. The van der Waals surface area contributed by atoms with Crippen LogP contribution in [0.15, 0.2) is 52.3 Å². The summed E-state index contributed by atoms with van der Waals surface area (Å²) in [6, 6.07) is 7.75. The fourth-order valence-electron chi connectivity index (χ4n) is 3.26. The van der Waals surface area contributed by atoms with Crippen LogP contribution in [0.5, 0.6) is 5.75 Å². The Morgan fingerprint density at radius 1 is 1.03 bits per heavy atom. The number of nitro benzene ring substituents is 1. The summed E-state index contributed by atoms with van der Waals surface area (Å²) in [4.78, 5) is 20.9. The van der Waals surface area contributed by atoms with Gasteiger partial charge in [0.1, 0.15) is 21.1 Å². The van der Waals surface area contributed by atoms with Crippen LogP contribution in [-0.4, -0.2) is 41.9 Å². The van der Waals surface area contributed by atoms with E-state index in [1.165, 1.54) is 31.2 Å². The maximum atomic E-state index is 12.8.